The van der Waals surface area contributed by atoms with Crippen molar-refractivity contribution in [3.63, 3.8) is 0 Å². The lowest BCUT2D eigenvalue weighted by Crippen LogP contribution is -2.47. The van der Waals surface area contributed by atoms with Crippen molar-refractivity contribution in [3.8, 4) is 5.69 Å². The van der Waals surface area contributed by atoms with E-state index in [4.69, 9.17) is 15.6 Å². The molecule has 1 fully saturated rings. The van der Waals surface area contributed by atoms with Crippen LogP contribution in [0.25, 0.3) is 5.69 Å². The molecule has 1 saturated heterocycles. The van der Waals surface area contributed by atoms with Gasteiger partial charge in [0, 0.05) is 31.0 Å². The van der Waals surface area contributed by atoms with Gasteiger partial charge in [-0.3, -0.25) is 0 Å². The van der Waals surface area contributed by atoms with Crippen LogP contribution in [-0.2, 0) is 16.8 Å². The predicted octanol–water partition coefficient (Wildman–Crippen LogP) is 2.62. The van der Waals surface area contributed by atoms with Gasteiger partial charge in [-0.25, -0.2) is 9.67 Å². The molecule has 0 bridgehead atoms. The number of benzene rings is 1. The van der Waals surface area contributed by atoms with Gasteiger partial charge < -0.3 is 15.4 Å². The third-order valence-electron chi connectivity index (χ3n) is 5.83. The third-order valence-corrected chi connectivity index (χ3v) is 5.83. The minimum atomic E-state index is -0.309. The monoisotopic (exact) mass is 376 g/mol. The van der Waals surface area contributed by atoms with Crippen LogP contribution < -0.4 is 10.6 Å². The van der Waals surface area contributed by atoms with E-state index < -0.39 is 0 Å². The second-order valence-electron chi connectivity index (χ2n) is 7.60. The predicted molar refractivity (Wildman–Crippen MR) is 108 cm³/mol. The van der Waals surface area contributed by atoms with Crippen LogP contribution in [-0.4, -0.2) is 39.4 Å². The smallest absolute Gasteiger partial charge is 0.221 e. The highest BCUT2D eigenvalue weighted by Gasteiger charge is 2.43. The van der Waals surface area contributed by atoms with Crippen molar-refractivity contribution in [1.82, 2.24) is 19.7 Å². The molecule has 1 spiro atoms. The number of aryl methyl sites for hydroxylation is 1. The molecule has 3 aromatic rings. The lowest BCUT2D eigenvalue weighted by Gasteiger charge is -2.43. The van der Waals surface area contributed by atoms with E-state index in [1.807, 2.05) is 29.8 Å². The van der Waals surface area contributed by atoms with Gasteiger partial charge in [0.15, 0.2) is 0 Å². The number of hydrogen-bond donors (Lipinski definition) is 1. The summed E-state index contributed by atoms with van der Waals surface area (Å²) in [6, 6.07) is 10.3. The second-order valence-corrected chi connectivity index (χ2v) is 7.60. The highest BCUT2D eigenvalue weighted by Crippen LogP contribution is 2.41. The molecular formula is C21H24N6O. The van der Waals surface area contributed by atoms with Crippen LogP contribution in [0.3, 0.4) is 0 Å². The number of nitrogens with two attached hydrogens (primary N) is 1. The van der Waals surface area contributed by atoms with Gasteiger partial charge in [0.25, 0.3) is 0 Å². The molecule has 2 aliphatic rings. The Kier molecular flexibility index (Phi) is 4.05. The van der Waals surface area contributed by atoms with Crippen molar-refractivity contribution in [2.24, 2.45) is 0 Å². The summed E-state index contributed by atoms with van der Waals surface area (Å²) < 4.78 is 8.35. The summed E-state index contributed by atoms with van der Waals surface area (Å²) in [6.07, 6.45) is 6.63. The number of fused-ring (bicyclic) bond motifs is 2. The first-order valence-electron chi connectivity index (χ1n) is 9.77. The van der Waals surface area contributed by atoms with Gasteiger partial charge in [0.05, 0.1) is 18.0 Å². The van der Waals surface area contributed by atoms with Crippen molar-refractivity contribution in [2.45, 2.75) is 31.8 Å². The van der Waals surface area contributed by atoms with E-state index in [-0.39, 0.29) is 5.60 Å². The number of rotatable bonds is 2. The van der Waals surface area contributed by atoms with Crippen molar-refractivity contribution in [2.75, 3.05) is 30.3 Å². The molecule has 144 valence electrons. The first kappa shape index (κ1) is 17.2. The maximum Gasteiger partial charge on any atom is 0.221 e. The third kappa shape index (κ3) is 2.82. The van der Waals surface area contributed by atoms with E-state index in [0.29, 0.717) is 5.95 Å². The van der Waals surface area contributed by atoms with E-state index >= 15 is 0 Å². The molecule has 4 heterocycles. The normalized spacial score (nSPS) is 18.2. The van der Waals surface area contributed by atoms with Crippen LogP contribution in [0.5, 0.6) is 0 Å². The largest absolute Gasteiger partial charge is 0.368 e. The molecule has 0 saturated carbocycles. The van der Waals surface area contributed by atoms with E-state index in [0.717, 1.165) is 61.7 Å². The molecular weight excluding hydrogens is 352 g/mol. The van der Waals surface area contributed by atoms with Gasteiger partial charge in [-0.05, 0) is 43.9 Å². The highest BCUT2D eigenvalue weighted by atomic mass is 16.5. The summed E-state index contributed by atoms with van der Waals surface area (Å²) in [5, 5.41) is 4.95. The molecule has 0 atom stereocenters. The maximum atomic E-state index is 6.36. The Morgan fingerprint density at radius 1 is 1.14 bits per heavy atom. The van der Waals surface area contributed by atoms with E-state index in [1.165, 1.54) is 5.56 Å². The Morgan fingerprint density at radius 2 is 1.93 bits per heavy atom. The van der Waals surface area contributed by atoms with Gasteiger partial charge >= 0.3 is 0 Å². The SMILES string of the molecule is Cc1cnc(N)nc1N1CCC2(CC1)OCCc1cn(-c3ccccc3)nc12. The van der Waals surface area contributed by atoms with E-state index in [2.05, 4.69) is 33.2 Å². The Labute approximate surface area is 164 Å². The Morgan fingerprint density at radius 3 is 2.71 bits per heavy atom. The molecule has 0 unspecified atom stereocenters. The number of ether oxygens (including phenoxy) is 1. The first-order valence-corrected chi connectivity index (χ1v) is 9.77. The number of nitrogen functional groups attached to an aromatic ring is 1. The zero-order valence-corrected chi connectivity index (χ0v) is 16.0. The zero-order valence-electron chi connectivity index (χ0n) is 16.0. The van der Waals surface area contributed by atoms with Gasteiger partial charge in [-0.1, -0.05) is 18.2 Å². The van der Waals surface area contributed by atoms with Crippen LogP contribution >= 0.6 is 0 Å². The topological polar surface area (TPSA) is 82.1 Å². The Bertz CT molecular complexity index is 991. The molecule has 7 heteroatoms. The fourth-order valence-corrected chi connectivity index (χ4v) is 4.34. The Hall–Kier alpha value is -2.93. The molecule has 0 amide bonds. The quantitative estimate of drug-likeness (QED) is 0.740. The van der Waals surface area contributed by atoms with E-state index in [1.54, 1.807) is 6.20 Å². The van der Waals surface area contributed by atoms with Gasteiger partial charge in [-0.2, -0.15) is 10.1 Å². The molecule has 28 heavy (non-hydrogen) atoms. The standard InChI is InChI=1S/C21H24N6O/c1-15-13-23-20(22)24-19(15)26-10-8-21(9-11-26)18-16(7-12-28-21)14-27(25-18)17-5-3-2-4-6-17/h2-6,13-14H,7-12H2,1H3,(H2,22,23,24). The summed E-state index contributed by atoms with van der Waals surface area (Å²) in [5.74, 6) is 1.24. The van der Waals surface area contributed by atoms with Crippen LogP contribution in [0.2, 0.25) is 0 Å². The highest BCUT2D eigenvalue weighted by molar-refractivity contribution is 5.49. The molecule has 1 aromatic carbocycles. The molecule has 5 rings (SSSR count). The summed E-state index contributed by atoms with van der Waals surface area (Å²) in [5.41, 5.74) is 10.0. The summed E-state index contributed by atoms with van der Waals surface area (Å²) in [6.45, 7) is 4.48. The lowest BCUT2D eigenvalue weighted by atomic mass is 9.83. The minimum absolute atomic E-state index is 0.309. The van der Waals surface area contributed by atoms with Gasteiger partial charge in [-0.15, -0.1) is 0 Å². The molecule has 2 N–H and O–H groups in total. The number of para-hydroxylation sites is 1. The van der Waals surface area contributed by atoms with Crippen LogP contribution in [0.1, 0.15) is 29.7 Å². The van der Waals surface area contributed by atoms with Crippen molar-refractivity contribution in [3.05, 3.63) is 59.5 Å². The van der Waals surface area contributed by atoms with Crippen molar-refractivity contribution < 1.29 is 4.74 Å². The second kappa shape index (κ2) is 6.60. The average molecular weight is 376 g/mol. The van der Waals surface area contributed by atoms with Crippen molar-refractivity contribution in [1.29, 1.82) is 0 Å². The van der Waals surface area contributed by atoms with E-state index in [9.17, 15) is 0 Å². The fourth-order valence-electron chi connectivity index (χ4n) is 4.34. The van der Waals surface area contributed by atoms with Crippen LogP contribution in [0, 0.1) is 6.92 Å². The maximum absolute atomic E-state index is 6.36. The molecule has 2 aromatic heterocycles. The number of nitrogens with zero attached hydrogens (tertiary/aromatic N) is 5. The Balaban J connectivity index is 1.43. The average Bonchev–Trinajstić information content (AvgIpc) is 3.17. The molecule has 2 aliphatic heterocycles. The van der Waals surface area contributed by atoms with Crippen LogP contribution in [0.4, 0.5) is 11.8 Å². The van der Waals surface area contributed by atoms with Gasteiger partial charge in [0.2, 0.25) is 5.95 Å². The summed E-state index contributed by atoms with van der Waals surface area (Å²) >= 11 is 0. The summed E-state index contributed by atoms with van der Waals surface area (Å²) in [4.78, 5) is 10.8. The summed E-state index contributed by atoms with van der Waals surface area (Å²) in [7, 11) is 0. The fraction of sp³-hybridized carbons (Fsp3) is 0.381. The zero-order chi connectivity index (χ0) is 19.1. The molecule has 0 aliphatic carbocycles. The number of aromatic nitrogens is 4. The number of anilines is 2. The number of piperidine rings is 1. The van der Waals surface area contributed by atoms with Crippen molar-refractivity contribution >= 4 is 11.8 Å². The van der Waals surface area contributed by atoms with Crippen LogP contribution in [0.15, 0.2) is 42.7 Å². The molecule has 7 nitrogen and oxygen atoms in total. The number of hydrogen-bond acceptors (Lipinski definition) is 6. The minimum Gasteiger partial charge on any atom is -0.368 e. The first-order chi connectivity index (χ1) is 13.6. The lowest BCUT2D eigenvalue weighted by molar-refractivity contribution is -0.0797. The van der Waals surface area contributed by atoms with Gasteiger partial charge in [0.1, 0.15) is 11.4 Å². The molecule has 0 radical (unpaired) electrons.